The van der Waals surface area contributed by atoms with Gasteiger partial charge in [0.25, 0.3) is 5.71 Å². The zero-order valence-corrected chi connectivity index (χ0v) is 15.6. The second-order valence-corrected chi connectivity index (χ2v) is 6.60. The Labute approximate surface area is 163 Å². The number of methoxy groups -OCH3 is 1. The molecule has 0 atom stereocenters. The molecule has 0 radical (unpaired) electrons. The Kier molecular flexibility index (Phi) is 3.70. The van der Waals surface area contributed by atoms with Crippen molar-refractivity contribution in [3.8, 4) is 5.75 Å². The maximum absolute atomic E-state index is 13.5. The fraction of sp³-hybridized carbons (Fsp3) is 0.0909. The van der Waals surface area contributed by atoms with Gasteiger partial charge in [-0.1, -0.05) is 17.3 Å². The zero-order chi connectivity index (χ0) is 20.1. The molecule has 0 amide bonds. The summed E-state index contributed by atoms with van der Waals surface area (Å²) >= 11 is 0. The normalized spacial score (nSPS) is 11.4. The number of ketones is 1. The minimum absolute atomic E-state index is 0.114. The summed E-state index contributed by atoms with van der Waals surface area (Å²) in [6.07, 6.45) is 0. The van der Waals surface area contributed by atoms with Crippen LogP contribution in [0.3, 0.4) is 0 Å². The highest BCUT2D eigenvalue weighted by molar-refractivity contribution is 6.24. The van der Waals surface area contributed by atoms with Crippen LogP contribution in [0.15, 0.2) is 62.3 Å². The number of fused-ring (bicyclic) bond motifs is 4. The van der Waals surface area contributed by atoms with E-state index >= 15 is 0 Å². The van der Waals surface area contributed by atoms with Crippen molar-refractivity contribution in [2.24, 2.45) is 0 Å². The Hall–Kier alpha value is -4.00. The van der Waals surface area contributed by atoms with Crippen molar-refractivity contribution < 1.29 is 18.5 Å². The van der Waals surface area contributed by atoms with Crippen molar-refractivity contribution in [2.45, 2.75) is 6.92 Å². The SMILES string of the molecule is COc1ccc(C(=O)c2c3c(C)noc3nc3c2c(=O)oc2ccccc23)cc1. The van der Waals surface area contributed by atoms with Gasteiger partial charge in [-0.2, -0.15) is 0 Å². The van der Waals surface area contributed by atoms with E-state index in [0.29, 0.717) is 38.9 Å². The minimum Gasteiger partial charge on any atom is -0.497 e. The van der Waals surface area contributed by atoms with Gasteiger partial charge < -0.3 is 13.7 Å². The van der Waals surface area contributed by atoms with Crippen LogP contribution in [0.25, 0.3) is 33.0 Å². The molecule has 0 fully saturated rings. The highest BCUT2D eigenvalue weighted by Crippen LogP contribution is 2.32. The first-order valence-electron chi connectivity index (χ1n) is 8.89. The summed E-state index contributed by atoms with van der Waals surface area (Å²) < 4.78 is 16.0. The van der Waals surface area contributed by atoms with Crippen LogP contribution in [0.1, 0.15) is 21.6 Å². The summed E-state index contributed by atoms with van der Waals surface area (Å²) in [6, 6.07) is 13.7. The topological polar surface area (TPSA) is 95.4 Å². The number of aryl methyl sites for hydroxylation is 1. The number of para-hydroxylation sites is 1. The summed E-state index contributed by atoms with van der Waals surface area (Å²) in [5.74, 6) is 0.275. The lowest BCUT2D eigenvalue weighted by molar-refractivity contribution is 0.104. The largest absolute Gasteiger partial charge is 0.497 e. The van der Waals surface area contributed by atoms with Crippen molar-refractivity contribution in [1.29, 1.82) is 0 Å². The lowest BCUT2D eigenvalue weighted by Gasteiger charge is -2.09. The lowest BCUT2D eigenvalue weighted by Crippen LogP contribution is -2.11. The molecule has 5 aromatic rings. The molecule has 0 bridgehead atoms. The van der Waals surface area contributed by atoms with Gasteiger partial charge >= 0.3 is 5.63 Å². The van der Waals surface area contributed by atoms with E-state index in [4.69, 9.17) is 13.7 Å². The van der Waals surface area contributed by atoms with Crippen LogP contribution in [-0.2, 0) is 0 Å². The number of carbonyl (C=O) groups is 1. The Morgan fingerprint density at radius 3 is 2.55 bits per heavy atom. The van der Waals surface area contributed by atoms with Gasteiger partial charge in [-0.25, -0.2) is 9.78 Å². The van der Waals surface area contributed by atoms with Crippen LogP contribution in [0.4, 0.5) is 0 Å². The van der Waals surface area contributed by atoms with E-state index < -0.39 is 5.63 Å². The molecule has 3 heterocycles. The fourth-order valence-electron chi connectivity index (χ4n) is 3.53. The number of pyridine rings is 1. The third kappa shape index (κ3) is 2.51. The zero-order valence-electron chi connectivity index (χ0n) is 15.6. The Morgan fingerprint density at radius 1 is 1.03 bits per heavy atom. The minimum atomic E-state index is -0.634. The predicted molar refractivity (Wildman–Crippen MR) is 107 cm³/mol. The average molecular weight is 386 g/mol. The maximum Gasteiger partial charge on any atom is 0.346 e. The number of hydrogen-bond acceptors (Lipinski definition) is 7. The number of ether oxygens (including phenoxy) is 1. The monoisotopic (exact) mass is 386 g/mol. The first kappa shape index (κ1) is 17.1. The summed E-state index contributed by atoms with van der Waals surface area (Å²) in [5, 5.41) is 5.08. The summed E-state index contributed by atoms with van der Waals surface area (Å²) in [4.78, 5) is 30.9. The van der Waals surface area contributed by atoms with E-state index in [1.807, 2.05) is 6.07 Å². The van der Waals surface area contributed by atoms with Crippen LogP contribution < -0.4 is 10.4 Å². The van der Waals surface area contributed by atoms with Gasteiger partial charge in [0.2, 0.25) is 0 Å². The second-order valence-electron chi connectivity index (χ2n) is 6.60. The van der Waals surface area contributed by atoms with Gasteiger partial charge in [0, 0.05) is 10.9 Å². The Morgan fingerprint density at radius 2 is 1.79 bits per heavy atom. The van der Waals surface area contributed by atoms with E-state index in [0.717, 1.165) is 0 Å². The average Bonchev–Trinajstić information content (AvgIpc) is 3.12. The van der Waals surface area contributed by atoms with Crippen LogP contribution >= 0.6 is 0 Å². The first-order chi connectivity index (χ1) is 14.1. The molecule has 5 rings (SSSR count). The molecular formula is C22H14N2O5. The third-order valence-corrected chi connectivity index (χ3v) is 4.92. The van der Waals surface area contributed by atoms with Crippen LogP contribution in [0.5, 0.6) is 5.75 Å². The molecule has 142 valence electrons. The molecule has 0 aliphatic heterocycles. The quantitative estimate of drug-likeness (QED) is 0.262. The molecule has 0 unspecified atom stereocenters. The van der Waals surface area contributed by atoms with E-state index in [9.17, 15) is 9.59 Å². The highest BCUT2D eigenvalue weighted by atomic mass is 16.5. The molecule has 0 aliphatic rings. The number of hydrogen-bond donors (Lipinski definition) is 0. The van der Waals surface area contributed by atoms with E-state index in [1.54, 1.807) is 56.5 Å². The van der Waals surface area contributed by atoms with Crippen LogP contribution in [-0.4, -0.2) is 23.0 Å². The fourth-order valence-corrected chi connectivity index (χ4v) is 3.53. The summed E-state index contributed by atoms with van der Waals surface area (Å²) in [5.41, 5.74) is 1.33. The van der Waals surface area contributed by atoms with E-state index in [2.05, 4.69) is 10.1 Å². The van der Waals surface area contributed by atoms with Gasteiger partial charge in [-0.15, -0.1) is 0 Å². The van der Waals surface area contributed by atoms with Crippen molar-refractivity contribution in [1.82, 2.24) is 10.1 Å². The number of carbonyl (C=O) groups excluding carboxylic acids is 1. The van der Waals surface area contributed by atoms with Crippen LogP contribution in [0, 0.1) is 6.92 Å². The molecule has 7 nitrogen and oxygen atoms in total. The van der Waals surface area contributed by atoms with Gasteiger partial charge in [-0.3, -0.25) is 4.79 Å². The van der Waals surface area contributed by atoms with Crippen LogP contribution in [0.2, 0.25) is 0 Å². The molecule has 0 saturated carbocycles. The molecule has 29 heavy (non-hydrogen) atoms. The van der Waals surface area contributed by atoms with E-state index in [1.165, 1.54) is 0 Å². The molecular weight excluding hydrogens is 372 g/mol. The molecule has 0 saturated heterocycles. The van der Waals surface area contributed by atoms with Crippen molar-refractivity contribution >= 4 is 38.8 Å². The van der Waals surface area contributed by atoms with Gasteiger partial charge in [0.1, 0.15) is 11.3 Å². The van der Waals surface area contributed by atoms with E-state index in [-0.39, 0.29) is 22.4 Å². The van der Waals surface area contributed by atoms with Crippen molar-refractivity contribution in [3.63, 3.8) is 0 Å². The van der Waals surface area contributed by atoms with Crippen molar-refractivity contribution in [3.05, 3.63) is 75.8 Å². The lowest BCUT2D eigenvalue weighted by atomic mass is 9.96. The maximum atomic E-state index is 13.5. The smallest absolute Gasteiger partial charge is 0.346 e. The van der Waals surface area contributed by atoms with Gasteiger partial charge in [0.15, 0.2) is 5.78 Å². The van der Waals surface area contributed by atoms with Gasteiger partial charge in [-0.05, 0) is 43.3 Å². The number of aromatic nitrogens is 2. The summed E-state index contributed by atoms with van der Waals surface area (Å²) in [6.45, 7) is 1.70. The number of nitrogens with zero attached hydrogens (tertiary/aromatic N) is 2. The standard InChI is InChI=1S/C22H14N2O5/c1-11-16-17(20(25)12-7-9-13(27-2)10-8-12)18-19(23-21(16)29-24-11)14-5-3-4-6-15(14)28-22(18)26/h3-10H,1-2H3. The van der Waals surface area contributed by atoms with Gasteiger partial charge in [0.05, 0.1) is 34.7 Å². The Bertz CT molecular complexity index is 1480. The predicted octanol–water partition coefficient (Wildman–Crippen LogP) is 4.03. The summed E-state index contributed by atoms with van der Waals surface area (Å²) in [7, 11) is 1.55. The number of benzene rings is 2. The molecule has 7 heteroatoms. The molecule has 0 spiro atoms. The highest BCUT2D eigenvalue weighted by Gasteiger charge is 2.26. The third-order valence-electron chi connectivity index (χ3n) is 4.92. The Balaban J connectivity index is 1.93. The molecule has 0 aliphatic carbocycles. The number of rotatable bonds is 3. The molecule has 0 N–H and O–H groups in total. The molecule has 3 aromatic heterocycles. The van der Waals surface area contributed by atoms with Crippen molar-refractivity contribution in [2.75, 3.05) is 7.11 Å². The molecule has 2 aromatic carbocycles. The first-order valence-corrected chi connectivity index (χ1v) is 8.89. The second kappa shape index (κ2) is 6.27.